The second-order valence-corrected chi connectivity index (χ2v) is 4.13. The van der Waals surface area contributed by atoms with Crippen LogP contribution < -0.4 is 5.32 Å². The van der Waals surface area contributed by atoms with Gasteiger partial charge in [-0.25, -0.2) is 4.98 Å². The Bertz CT molecular complexity index is 299. The molecule has 4 heteroatoms. The highest BCUT2D eigenvalue weighted by Gasteiger charge is 2.20. The molecular formula is C8H8BrClN2. The van der Waals surface area contributed by atoms with Crippen LogP contribution in [0.3, 0.4) is 0 Å². The Hall–Kier alpha value is -0.280. The second-order valence-electron chi connectivity index (χ2n) is 2.92. The molecule has 2 rings (SSSR count). The molecule has 0 aromatic carbocycles. The molecule has 0 saturated heterocycles. The number of nitrogens with zero attached hydrogens (tertiary/aromatic N) is 1. The number of nitrogens with one attached hydrogen (secondary N) is 1. The van der Waals surface area contributed by atoms with Crippen molar-refractivity contribution in [1.29, 1.82) is 0 Å². The van der Waals surface area contributed by atoms with Gasteiger partial charge in [0.05, 0.1) is 16.4 Å². The SMILES string of the molecule is Clc1ncc(NC2CC2)cc1Br. The summed E-state index contributed by atoms with van der Waals surface area (Å²) in [4.78, 5) is 4.02. The molecule has 0 radical (unpaired) electrons. The van der Waals surface area contributed by atoms with E-state index in [1.165, 1.54) is 12.8 Å². The van der Waals surface area contributed by atoms with Crippen LogP contribution in [0.15, 0.2) is 16.7 Å². The minimum absolute atomic E-state index is 0.511. The molecule has 0 bridgehead atoms. The van der Waals surface area contributed by atoms with Crippen LogP contribution in [0.1, 0.15) is 12.8 Å². The Labute approximate surface area is 84.5 Å². The van der Waals surface area contributed by atoms with E-state index in [4.69, 9.17) is 11.6 Å². The molecule has 64 valence electrons. The van der Waals surface area contributed by atoms with Crippen molar-refractivity contribution < 1.29 is 0 Å². The average molecular weight is 248 g/mol. The standard InChI is InChI=1S/C8H8BrClN2/c9-7-3-6(4-11-8(7)10)12-5-1-2-5/h3-5,12H,1-2H2. The zero-order valence-electron chi connectivity index (χ0n) is 6.35. The predicted octanol–water partition coefficient (Wildman–Crippen LogP) is 3.07. The topological polar surface area (TPSA) is 24.9 Å². The van der Waals surface area contributed by atoms with E-state index < -0.39 is 0 Å². The van der Waals surface area contributed by atoms with Gasteiger partial charge in [-0.2, -0.15) is 0 Å². The fourth-order valence-electron chi connectivity index (χ4n) is 0.964. The van der Waals surface area contributed by atoms with Crippen LogP contribution in [-0.2, 0) is 0 Å². The lowest BCUT2D eigenvalue weighted by molar-refractivity contribution is 1.14. The molecule has 0 aliphatic heterocycles. The van der Waals surface area contributed by atoms with Gasteiger partial charge in [0.15, 0.2) is 0 Å². The molecule has 12 heavy (non-hydrogen) atoms. The third-order valence-electron chi connectivity index (χ3n) is 1.74. The minimum atomic E-state index is 0.511. The van der Waals surface area contributed by atoms with E-state index in [2.05, 4.69) is 26.2 Å². The van der Waals surface area contributed by atoms with Crippen LogP contribution in [0.5, 0.6) is 0 Å². The molecule has 0 unspecified atom stereocenters. The summed E-state index contributed by atoms with van der Waals surface area (Å²) in [7, 11) is 0. The lowest BCUT2D eigenvalue weighted by Crippen LogP contribution is -2.00. The summed E-state index contributed by atoms with van der Waals surface area (Å²) >= 11 is 9.07. The Morgan fingerprint density at radius 1 is 1.58 bits per heavy atom. The van der Waals surface area contributed by atoms with Gasteiger partial charge < -0.3 is 5.32 Å². The maximum Gasteiger partial charge on any atom is 0.143 e. The van der Waals surface area contributed by atoms with E-state index in [1.807, 2.05) is 6.07 Å². The molecule has 1 aromatic rings. The van der Waals surface area contributed by atoms with Crippen molar-refractivity contribution >= 4 is 33.2 Å². The molecule has 1 N–H and O–H groups in total. The van der Waals surface area contributed by atoms with Crippen LogP contribution in [-0.4, -0.2) is 11.0 Å². The number of anilines is 1. The molecule has 1 saturated carbocycles. The molecule has 0 atom stereocenters. The van der Waals surface area contributed by atoms with E-state index >= 15 is 0 Å². The largest absolute Gasteiger partial charge is 0.381 e. The van der Waals surface area contributed by atoms with Crippen molar-refractivity contribution in [1.82, 2.24) is 4.98 Å². The van der Waals surface area contributed by atoms with Gasteiger partial charge in [0, 0.05) is 6.04 Å². The first-order valence-electron chi connectivity index (χ1n) is 3.83. The highest BCUT2D eigenvalue weighted by molar-refractivity contribution is 9.10. The number of aromatic nitrogens is 1. The minimum Gasteiger partial charge on any atom is -0.381 e. The Kier molecular flexibility index (Phi) is 2.24. The summed E-state index contributed by atoms with van der Waals surface area (Å²) in [6.45, 7) is 0. The fourth-order valence-corrected chi connectivity index (χ4v) is 1.42. The normalized spacial score (nSPS) is 16.2. The summed E-state index contributed by atoms with van der Waals surface area (Å²) in [5.41, 5.74) is 1.04. The molecule has 1 heterocycles. The Morgan fingerprint density at radius 3 is 2.92 bits per heavy atom. The summed E-state index contributed by atoms with van der Waals surface area (Å²) in [5.74, 6) is 0. The van der Waals surface area contributed by atoms with Crippen molar-refractivity contribution in [3.05, 3.63) is 21.9 Å². The molecule has 2 nitrogen and oxygen atoms in total. The van der Waals surface area contributed by atoms with Crippen LogP contribution in [0.2, 0.25) is 5.15 Å². The summed E-state index contributed by atoms with van der Waals surface area (Å²) < 4.78 is 0.842. The highest BCUT2D eigenvalue weighted by Crippen LogP contribution is 2.27. The van der Waals surface area contributed by atoms with Gasteiger partial charge in [0.25, 0.3) is 0 Å². The fraction of sp³-hybridized carbons (Fsp3) is 0.375. The van der Waals surface area contributed by atoms with Crippen molar-refractivity contribution in [3.8, 4) is 0 Å². The maximum atomic E-state index is 5.75. The van der Waals surface area contributed by atoms with Crippen LogP contribution in [0.25, 0.3) is 0 Å². The van der Waals surface area contributed by atoms with Crippen molar-refractivity contribution in [2.24, 2.45) is 0 Å². The monoisotopic (exact) mass is 246 g/mol. The first-order chi connectivity index (χ1) is 5.75. The van der Waals surface area contributed by atoms with Crippen LogP contribution >= 0.6 is 27.5 Å². The third-order valence-corrected chi connectivity index (χ3v) is 2.88. The lowest BCUT2D eigenvalue weighted by atomic mass is 10.4. The first-order valence-corrected chi connectivity index (χ1v) is 5.00. The number of pyridine rings is 1. The van der Waals surface area contributed by atoms with Gasteiger partial charge in [-0.05, 0) is 34.8 Å². The molecule has 1 aliphatic carbocycles. The molecular weight excluding hydrogens is 239 g/mol. The van der Waals surface area contributed by atoms with Gasteiger partial charge in [-0.3, -0.25) is 0 Å². The smallest absolute Gasteiger partial charge is 0.143 e. The van der Waals surface area contributed by atoms with Crippen molar-refractivity contribution in [2.45, 2.75) is 18.9 Å². The first kappa shape index (κ1) is 8.32. The zero-order valence-corrected chi connectivity index (χ0v) is 8.69. The van der Waals surface area contributed by atoms with E-state index in [9.17, 15) is 0 Å². The summed E-state index contributed by atoms with van der Waals surface area (Å²) in [6, 6.07) is 2.60. The maximum absolute atomic E-state index is 5.75. The van der Waals surface area contributed by atoms with Gasteiger partial charge in [-0.15, -0.1) is 0 Å². The average Bonchev–Trinajstić information content (AvgIpc) is 2.81. The van der Waals surface area contributed by atoms with Crippen LogP contribution in [0.4, 0.5) is 5.69 Å². The van der Waals surface area contributed by atoms with Gasteiger partial charge in [0.1, 0.15) is 5.15 Å². The van der Waals surface area contributed by atoms with Gasteiger partial charge in [0.2, 0.25) is 0 Å². The Balaban J connectivity index is 2.15. The molecule has 0 spiro atoms. The highest BCUT2D eigenvalue weighted by atomic mass is 79.9. The van der Waals surface area contributed by atoms with E-state index in [0.29, 0.717) is 11.2 Å². The lowest BCUT2D eigenvalue weighted by Gasteiger charge is -2.04. The van der Waals surface area contributed by atoms with Gasteiger partial charge >= 0.3 is 0 Å². The number of halogens is 2. The summed E-state index contributed by atoms with van der Waals surface area (Å²) in [6.07, 6.45) is 4.28. The van der Waals surface area contributed by atoms with E-state index in [0.717, 1.165) is 10.2 Å². The van der Waals surface area contributed by atoms with E-state index in [1.54, 1.807) is 6.20 Å². The molecule has 1 aromatic heterocycles. The van der Waals surface area contributed by atoms with Crippen molar-refractivity contribution in [3.63, 3.8) is 0 Å². The predicted molar refractivity (Wildman–Crippen MR) is 53.6 cm³/mol. The molecule has 1 fully saturated rings. The molecule has 1 aliphatic rings. The quantitative estimate of drug-likeness (QED) is 0.813. The Morgan fingerprint density at radius 2 is 2.33 bits per heavy atom. The van der Waals surface area contributed by atoms with Gasteiger partial charge in [-0.1, -0.05) is 11.6 Å². The number of rotatable bonds is 2. The van der Waals surface area contributed by atoms with E-state index in [-0.39, 0.29) is 0 Å². The number of hydrogen-bond donors (Lipinski definition) is 1. The van der Waals surface area contributed by atoms with Crippen molar-refractivity contribution in [2.75, 3.05) is 5.32 Å². The van der Waals surface area contributed by atoms with Crippen LogP contribution in [0, 0.1) is 0 Å². The summed E-state index contributed by atoms with van der Waals surface area (Å²) in [5, 5.41) is 3.84. The second kappa shape index (κ2) is 3.23. The molecule has 0 amide bonds. The third kappa shape index (κ3) is 1.90. The number of hydrogen-bond acceptors (Lipinski definition) is 2. The zero-order chi connectivity index (χ0) is 8.55.